The number of rotatable bonds is 3. The Morgan fingerprint density at radius 1 is 1.24 bits per heavy atom. The lowest BCUT2D eigenvalue weighted by Gasteiger charge is -2.06. The zero-order valence-electron chi connectivity index (χ0n) is 12.8. The Hall–Kier alpha value is -3.19. The Kier molecular flexibility index (Phi) is 3.51. The van der Waals surface area contributed by atoms with Crippen LogP contribution in [0.2, 0.25) is 5.02 Å². The van der Waals surface area contributed by atoms with Gasteiger partial charge < -0.3 is 15.4 Å². The van der Waals surface area contributed by atoms with Crippen molar-refractivity contribution in [2.45, 2.75) is 6.54 Å². The predicted octanol–water partition coefficient (Wildman–Crippen LogP) is 2.96. The second kappa shape index (κ2) is 5.71. The van der Waals surface area contributed by atoms with E-state index < -0.39 is 5.97 Å². The van der Waals surface area contributed by atoms with Crippen molar-refractivity contribution in [3.63, 3.8) is 0 Å². The van der Waals surface area contributed by atoms with E-state index in [2.05, 4.69) is 15.0 Å². The molecule has 3 N–H and O–H groups in total. The highest BCUT2D eigenvalue weighted by atomic mass is 35.5. The largest absolute Gasteiger partial charge is 0.478 e. The third kappa shape index (κ3) is 2.64. The number of anilines is 1. The molecule has 0 atom stereocenters. The number of benzene rings is 1. The first kappa shape index (κ1) is 15.3. The Morgan fingerprint density at radius 3 is 2.88 bits per heavy atom. The van der Waals surface area contributed by atoms with Gasteiger partial charge >= 0.3 is 5.97 Å². The number of nitrogens with zero attached hydrogens (tertiary/aromatic N) is 4. The van der Waals surface area contributed by atoms with Crippen LogP contribution in [0.1, 0.15) is 15.9 Å². The summed E-state index contributed by atoms with van der Waals surface area (Å²) in [6.45, 7) is 0.433. The third-order valence-electron chi connectivity index (χ3n) is 3.98. The van der Waals surface area contributed by atoms with Crippen molar-refractivity contribution in [1.82, 2.24) is 19.5 Å². The van der Waals surface area contributed by atoms with Gasteiger partial charge in [-0.1, -0.05) is 17.7 Å². The number of nitrogens with two attached hydrogens (primary N) is 1. The summed E-state index contributed by atoms with van der Waals surface area (Å²) in [4.78, 5) is 23.8. The highest BCUT2D eigenvalue weighted by Crippen LogP contribution is 2.25. The fourth-order valence-corrected chi connectivity index (χ4v) is 3.05. The van der Waals surface area contributed by atoms with Crippen molar-refractivity contribution in [3.05, 3.63) is 59.1 Å². The summed E-state index contributed by atoms with van der Waals surface area (Å²) < 4.78 is 1.75. The first-order valence-corrected chi connectivity index (χ1v) is 7.77. The monoisotopic (exact) mass is 353 g/mol. The molecule has 3 aromatic heterocycles. The second-order valence-corrected chi connectivity index (χ2v) is 6.05. The van der Waals surface area contributed by atoms with Crippen molar-refractivity contribution < 1.29 is 9.90 Å². The van der Waals surface area contributed by atoms with E-state index in [1.165, 1.54) is 12.5 Å². The van der Waals surface area contributed by atoms with Crippen LogP contribution >= 0.6 is 11.6 Å². The highest BCUT2D eigenvalue weighted by Gasteiger charge is 2.18. The number of carboxylic acid groups (broad SMARTS) is 1. The van der Waals surface area contributed by atoms with Gasteiger partial charge in [-0.25, -0.2) is 14.8 Å². The summed E-state index contributed by atoms with van der Waals surface area (Å²) in [7, 11) is 0. The lowest BCUT2D eigenvalue weighted by molar-refractivity contribution is 0.0699. The molecule has 0 saturated carbocycles. The number of pyridine rings is 1. The van der Waals surface area contributed by atoms with Gasteiger partial charge in [-0.3, -0.25) is 4.98 Å². The van der Waals surface area contributed by atoms with Crippen molar-refractivity contribution in [1.29, 1.82) is 0 Å². The molecular formula is C17H12ClN5O2. The van der Waals surface area contributed by atoms with Crippen LogP contribution in [0.15, 0.2) is 43.0 Å². The molecule has 4 aromatic rings. The van der Waals surface area contributed by atoms with Crippen LogP contribution in [0.5, 0.6) is 0 Å². The molecule has 0 aliphatic heterocycles. The van der Waals surface area contributed by atoms with Gasteiger partial charge in [0.25, 0.3) is 0 Å². The Balaban J connectivity index is 1.83. The molecule has 0 saturated heterocycles. The van der Waals surface area contributed by atoms with Crippen LogP contribution in [0, 0.1) is 0 Å². The molecule has 0 radical (unpaired) electrons. The zero-order valence-corrected chi connectivity index (χ0v) is 13.6. The van der Waals surface area contributed by atoms with E-state index in [4.69, 9.17) is 17.3 Å². The van der Waals surface area contributed by atoms with Crippen LogP contribution < -0.4 is 5.73 Å². The molecule has 124 valence electrons. The lowest BCUT2D eigenvalue weighted by atomic mass is 10.1. The first-order chi connectivity index (χ1) is 12.0. The van der Waals surface area contributed by atoms with E-state index in [9.17, 15) is 9.90 Å². The van der Waals surface area contributed by atoms with Gasteiger partial charge in [-0.15, -0.1) is 0 Å². The van der Waals surface area contributed by atoms with Gasteiger partial charge in [-0.05, 0) is 23.8 Å². The fraction of sp³-hybridized carbons (Fsp3) is 0.0588. The number of hydrogen-bond acceptors (Lipinski definition) is 5. The van der Waals surface area contributed by atoms with Crippen molar-refractivity contribution >= 4 is 45.3 Å². The molecule has 25 heavy (non-hydrogen) atoms. The van der Waals surface area contributed by atoms with Crippen molar-refractivity contribution in [2.24, 2.45) is 0 Å². The average Bonchev–Trinajstić information content (AvgIpc) is 2.95. The standard InChI is InChI=1S/C17H12ClN5O2/c18-11-4-10-3-9(1-2-13(10)20-5-11)6-23-7-12(17(24)25)14-15(19)21-8-22-16(14)23/h1-5,7-8H,6H2,(H,24,25)(H2,19,21,22). The number of aromatic nitrogens is 4. The van der Waals surface area contributed by atoms with Gasteiger partial charge in [0.2, 0.25) is 0 Å². The van der Waals surface area contributed by atoms with Gasteiger partial charge in [0.05, 0.1) is 21.5 Å². The quantitative estimate of drug-likeness (QED) is 0.586. The molecule has 0 bridgehead atoms. The number of carbonyl (C=O) groups is 1. The maximum absolute atomic E-state index is 11.5. The maximum Gasteiger partial charge on any atom is 0.338 e. The average molecular weight is 354 g/mol. The molecule has 0 spiro atoms. The zero-order chi connectivity index (χ0) is 17.6. The number of nitrogen functional groups attached to an aromatic ring is 1. The molecule has 0 fully saturated rings. The number of fused-ring (bicyclic) bond motifs is 2. The number of carboxylic acids is 1. The van der Waals surface area contributed by atoms with Crippen LogP contribution in [-0.2, 0) is 6.54 Å². The molecule has 0 amide bonds. The molecule has 3 heterocycles. The van der Waals surface area contributed by atoms with Crippen LogP contribution in [0.3, 0.4) is 0 Å². The summed E-state index contributed by atoms with van der Waals surface area (Å²) in [6, 6.07) is 7.63. The molecule has 0 aliphatic rings. The van der Waals surface area contributed by atoms with Crippen molar-refractivity contribution in [3.8, 4) is 0 Å². The van der Waals surface area contributed by atoms with Crippen molar-refractivity contribution in [2.75, 3.05) is 5.73 Å². The van der Waals surface area contributed by atoms with Crippen LogP contribution in [-0.4, -0.2) is 30.6 Å². The summed E-state index contributed by atoms with van der Waals surface area (Å²) in [5, 5.41) is 11.2. The molecule has 7 nitrogen and oxygen atoms in total. The topological polar surface area (TPSA) is 107 Å². The van der Waals surface area contributed by atoms with Gasteiger partial charge in [0, 0.05) is 24.3 Å². The molecule has 8 heteroatoms. The normalized spacial score (nSPS) is 11.2. The van der Waals surface area contributed by atoms with Gasteiger partial charge in [0.1, 0.15) is 17.8 Å². The Morgan fingerprint density at radius 2 is 2.08 bits per heavy atom. The Bertz CT molecular complexity index is 1140. The van der Waals surface area contributed by atoms with E-state index in [-0.39, 0.29) is 11.4 Å². The number of aromatic carboxylic acids is 1. The van der Waals surface area contributed by atoms with Gasteiger partial charge in [-0.2, -0.15) is 0 Å². The van der Waals surface area contributed by atoms with Gasteiger partial charge in [0.15, 0.2) is 0 Å². The SMILES string of the molecule is Nc1ncnc2c1c(C(=O)O)cn2Cc1ccc2ncc(Cl)cc2c1. The summed E-state index contributed by atoms with van der Waals surface area (Å²) in [6.07, 6.45) is 4.45. The van der Waals surface area contributed by atoms with Crippen LogP contribution in [0.25, 0.3) is 21.9 Å². The third-order valence-corrected chi connectivity index (χ3v) is 4.19. The summed E-state index contributed by atoms with van der Waals surface area (Å²) in [5.41, 5.74) is 8.20. The van der Waals surface area contributed by atoms with E-state index in [0.29, 0.717) is 22.6 Å². The lowest BCUT2D eigenvalue weighted by Crippen LogP contribution is -2.00. The van der Waals surface area contributed by atoms with Crippen LogP contribution in [0.4, 0.5) is 5.82 Å². The predicted molar refractivity (Wildman–Crippen MR) is 94.8 cm³/mol. The van der Waals surface area contributed by atoms with E-state index in [1.54, 1.807) is 10.8 Å². The fourth-order valence-electron chi connectivity index (χ4n) is 2.88. The molecule has 4 rings (SSSR count). The minimum atomic E-state index is -1.07. The highest BCUT2D eigenvalue weighted by molar-refractivity contribution is 6.31. The number of halogens is 1. The summed E-state index contributed by atoms with van der Waals surface area (Å²) in [5.74, 6) is -0.921. The van der Waals surface area contributed by atoms with E-state index in [1.807, 2.05) is 24.3 Å². The smallest absolute Gasteiger partial charge is 0.338 e. The van der Waals surface area contributed by atoms with E-state index >= 15 is 0 Å². The number of hydrogen-bond donors (Lipinski definition) is 2. The second-order valence-electron chi connectivity index (χ2n) is 5.61. The molecule has 0 unspecified atom stereocenters. The van der Waals surface area contributed by atoms with E-state index in [0.717, 1.165) is 16.5 Å². The maximum atomic E-state index is 11.5. The summed E-state index contributed by atoms with van der Waals surface area (Å²) >= 11 is 6.00. The minimum absolute atomic E-state index is 0.0820. The molecule has 1 aromatic carbocycles. The molecular weight excluding hydrogens is 342 g/mol. The first-order valence-electron chi connectivity index (χ1n) is 7.40. The molecule has 0 aliphatic carbocycles. The Labute approximate surface area is 146 Å². The minimum Gasteiger partial charge on any atom is -0.478 e.